The zero-order valence-corrected chi connectivity index (χ0v) is 14.9. The average Bonchev–Trinajstić information content (AvgIpc) is 2.94. The minimum atomic E-state index is -0.0878. The average molecular weight is 338 g/mol. The van der Waals surface area contributed by atoms with Crippen LogP contribution in [0.4, 0.5) is 5.13 Å². The van der Waals surface area contributed by atoms with Gasteiger partial charge in [0.25, 0.3) is 0 Å². The van der Waals surface area contributed by atoms with Crippen LogP contribution in [-0.2, 0) is 16.0 Å². The van der Waals surface area contributed by atoms with Crippen molar-refractivity contribution >= 4 is 28.3 Å². The molecule has 0 bridgehead atoms. The van der Waals surface area contributed by atoms with Crippen molar-refractivity contribution < 1.29 is 9.59 Å². The number of amides is 2. The van der Waals surface area contributed by atoms with E-state index in [-0.39, 0.29) is 30.2 Å². The van der Waals surface area contributed by atoms with Crippen molar-refractivity contribution in [2.45, 2.75) is 46.1 Å². The Kier molecular flexibility index (Phi) is 6.12. The Bertz CT molecular complexity index is 548. The van der Waals surface area contributed by atoms with E-state index in [0.29, 0.717) is 16.7 Å². The molecule has 2 amide bonds. The van der Waals surface area contributed by atoms with Crippen LogP contribution in [0.5, 0.6) is 0 Å². The summed E-state index contributed by atoms with van der Waals surface area (Å²) in [5, 5.41) is 5.16. The van der Waals surface area contributed by atoms with Crippen LogP contribution in [0.15, 0.2) is 5.38 Å². The Morgan fingerprint density at radius 2 is 2.04 bits per heavy atom. The van der Waals surface area contributed by atoms with Crippen LogP contribution >= 0.6 is 11.3 Å². The molecule has 0 aliphatic carbocycles. The fourth-order valence-electron chi connectivity index (χ4n) is 2.64. The molecule has 1 aromatic heterocycles. The Hall–Kier alpha value is -1.47. The topological polar surface area (TPSA) is 88.3 Å². The standard InChI is InChI=1S/C16H26N4O2S/c1-10(2)15(22)19-16-18-13(9-23-16)8-14(21)20-6-4-12(5-7-20)11(3)17/h9-12H,4-8,17H2,1-3H3,(H,18,19,22). The van der Waals surface area contributed by atoms with E-state index in [1.54, 1.807) is 0 Å². The molecule has 128 valence electrons. The van der Waals surface area contributed by atoms with Gasteiger partial charge in [0.1, 0.15) is 0 Å². The molecule has 1 aliphatic rings. The van der Waals surface area contributed by atoms with Crippen molar-refractivity contribution in [3.63, 3.8) is 0 Å². The minimum absolute atomic E-state index is 0.0600. The molecule has 0 saturated carbocycles. The third-order valence-electron chi connectivity index (χ3n) is 4.27. The molecule has 0 spiro atoms. The van der Waals surface area contributed by atoms with Crippen LogP contribution in [0, 0.1) is 11.8 Å². The van der Waals surface area contributed by atoms with Gasteiger partial charge in [0.2, 0.25) is 11.8 Å². The van der Waals surface area contributed by atoms with Gasteiger partial charge in [0, 0.05) is 30.4 Å². The Morgan fingerprint density at radius 3 is 2.61 bits per heavy atom. The molecule has 23 heavy (non-hydrogen) atoms. The van der Waals surface area contributed by atoms with Gasteiger partial charge in [0.05, 0.1) is 12.1 Å². The summed E-state index contributed by atoms with van der Waals surface area (Å²) in [5.41, 5.74) is 6.65. The fraction of sp³-hybridized carbons (Fsp3) is 0.688. The number of hydrogen-bond donors (Lipinski definition) is 2. The lowest BCUT2D eigenvalue weighted by atomic mass is 9.91. The first-order chi connectivity index (χ1) is 10.9. The zero-order chi connectivity index (χ0) is 17.0. The van der Waals surface area contributed by atoms with Crippen LogP contribution in [0.2, 0.25) is 0 Å². The highest BCUT2D eigenvalue weighted by Gasteiger charge is 2.25. The van der Waals surface area contributed by atoms with Gasteiger partial charge < -0.3 is 16.0 Å². The van der Waals surface area contributed by atoms with E-state index < -0.39 is 0 Å². The molecule has 2 rings (SSSR count). The summed E-state index contributed by atoms with van der Waals surface area (Å²) >= 11 is 1.36. The summed E-state index contributed by atoms with van der Waals surface area (Å²) in [7, 11) is 0. The number of carbonyl (C=O) groups excluding carboxylic acids is 2. The lowest BCUT2D eigenvalue weighted by molar-refractivity contribution is -0.132. The first-order valence-electron chi connectivity index (χ1n) is 8.15. The van der Waals surface area contributed by atoms with E-state index in [1.807, 2.05) is 31.1 Å². The smallest absolute Gasteiger partial charge is 0.228 e. The first kappa shape index (κ1) is 17.9. The van der Waals surface area contributed by atoms with E-state index in [9.17, 15) is 9.59 Å². The highest BCUT2D eigenvalue weighted by molar-refractivity contribution is 7.13. The number of nitrogens with zero attached hydrogens (tertiary/aromatic N) is 2. The van der Waals surface area contributed by atoms with Crippen molar-refractivity contribution in [1.29, 1.82) is 0 Å². The van der Waals surface area contributed by atoms with Gasteiger partial charge in [-0.3, -0.25) is 9.59 Å². The van der Waals surface area contributed by atoms with Gasteiger partial charge in [-0.15, -0.1) is 11.3 Å². The van der Waals surface area contributed by atoms with Crippen molar-refractivity contribution in [3.8, 4) is 0 Å². The molecule has 7 heteroatoms. The molecule has 0 aromatic carbocycles. The molecule has 1 aromatic rings. The maximum Gasteiger partial charge on any atom is 0.228 e. The van der Waals surface area contributed by atoms with Crippen LogP contribution in [-0.4, -0.2) is 40.8 Å². The van der Waals surface area contributed by atoms with Crippen LogP contribution in [0.1, 0.15) is 39.3 Å². The molecule has 1 atom stereocenters. The third-order valence-corrected chi connectivity index (χ3v) is 5.08. The largest absolute Gasteiger partial charge is 0.342 e. The maximum absolute atomic E-state index is 12.4. The number of aromatic nitrogens is 1. The van der Waals surface area contributed by atoms with Crippen molar-refractivity contribution in [2.75, 3.05) is 18.4 Å². The van der Waals surface area contributed by atoms with Gasteiger partial charge in [-0.05, 0) is 25.7 Å². The third kappa shape index (κ3) is 5.00. The number of piperidine rings is 1. The predicted octanol–water partition coefficient (Wildman–Crippen LogP) is 1.87. The summed E-state index contributed by atoms with van der Waals surface area (Å²) in [4.78, 5) is 30.2. The normalized spacial score (nSPS) is 17.3. The fourth-order valence-corrected chi connectivity index (χ4v) is 3.35. The van der Waals surface area contributed by atoms with E-state index in [0.717, 1.165) is 25.9 Å². The summed E-state index contributed by atoms with van der Waals surface area (Å²) in [6.45, 7) is 7.24. The lowest BCUT2D eigenvalue weighted by Gasteiger charge is -2.33. The number of nitrogens with one attached hydrogen (secondary N) is 1. The second kappa shape index (κ2) is 7.88. The van der Waals surface area contributed by atoms with Crippen LogP contribution in [0.25, 0.3) is 0 Å². The number of likely N-dealkylation sites (tertiary alicyclic amines) is 1. The lowest BCUT2D eigenvalue weighted by Crippen LogP contribution is -2.43. The van der Waals surface area contributed by atoms with Crippen LogP contribution in [0.3, 0.4) is 0 Å². The number of thiazole rings is 1. The Labute approximate surface area is 141 Å². The first-order valence-corrected chi connectivity index (χ1v) is 9.03. The molecule has 6 nitrogen and oxygen atoms in total. The molecular weight excluding hydrogens is 312 g/mol. The zero-order valence-electron chi connectivity index (χ0n) is 14.0. The number of anilines is 1. The van der Waals surface area contributed by atoms with Gasteiger partial charge in [-0.2, -0.15) is 0 Å². The molecule has 1 fully saturated rings. The second-order valence-electron chi connectivity index (χ2n) is 6.54. The van der Waals surface area contributed by atoms with E-state index >= 15 is 0 Å². The SMILES string of the molecule is CC(C)C(=O)Nc1nc(CC(=O)N2CCC(C(C)N)CC2)cs1. The number of carbonyl (C=O) groups is 2. The van der Waals surface area contributed by atoms with Crippen molar-refractivity contribution in [1.82, 2.24) is 9.88 Å². The van der Waals surface area contributed by atoms with Gasteiger partial charge in [-0.1, -0.05) is 13.8 Å². The van der Waals surface area contributed by atoms with Crippen molar-refractivity contribution in [3.05, 3.63) is 11.1 Å². The molecule has 2 heterocycles. The highest BCUT2D eigenvalue weighted by Crippen LogP contribution is 2.21. The molecule has 3 N–H and O–H groups in total. The van der Waals surface area contributed by atoms with Gasteiger partial charge in [0.15, 0.2) is 5.13 Å². The van der Waals surface area contributed by atoms with E-state index in [4.69, 9.17) is 5.73 Å². The number of rotatable bonds is 5. The highest BCUT2D eigenvalue weighted by atomic mass is 32.1. The molecule has 0 radical (unpaired) electrons. The quantitative estimate of drug-likeness (QED) is 0.858. The maximum atomic E-state index is 12.4. The summed E-state index contributed by atoms with van der Waals surface area (Å²) in [6, 6.07) is 0.193. The Balaban J connectivity index is 1.84. The van der Waals surface area contributed by atoms with E-state index in [2.05, 4.69) is 10.3 Å². The molecule has 1 saturated heterocycles. The van der Waals surface area contributed by atoms with Gasteiger partial charge in [-0.25, -0.2) is 4.98 Å². The number of nitrogens with two attached hydrogens (primary N) is 1. The molecule has 1 unspecified atom stereocenters. The van der Waals surface area contributed by atoms with Gasteiger partial charge >= 0.3 is 0 Å². The minimum Gasteiger partial charge on any atom is -0.342 e. The number of hydrogen-bond acceptors (Lipinski definition) is 5. The second-order valence-corrected chi connectivity index (χ2v) is 7.40. The summed E-state index contributed by atoms with van der Waals surface area (Å²) < 4.78 is 0. The van der Waals surface area contributed by atoms with Crippen molar-refractivity contribution in [2.24, 2.45) is 17.6 Å². The Morgan fingerprint density at radius 1 is 1.39 bits per heavy atom. The predicted molar refractivity (Wildman–Crippen MR) is 92.2 cm³/mol. The summed E-state index contributed by atoms with van der Waals surface area (Å²) in [5.74, 6) is 0.460. The van der Waals surface area contributed by atoms with Crippen LogP contribution < -0.4 is 11.1 Å². The summed E-state index contributed by atoms with van der Waals surface area (Å²) in [6.07, 6.45) is 2.23. The van der Waals surface area contributed by atoms with E-state index in [1.165, 1.54) is 11.3 Å². The molecule has 1 aliphatic heterocycles. The molecular formula is C16H26N4O2S. The monoisotopic (exact) mass is 338 g/mol.